The van der Waals surface area contributed by atoms with Crippen LogP contribution >= 0.6 is 0 Å². The summed E-state index contributed by atoms with van der Waals surface area (Å²) in [7, 11) is -3.27. The molecule has 10 heteroatoms. The van der Waals surface area contributed by atoms with E-state index in [4.69, 9.17) is 0 Å². The third-order valence-electron chi connectivity index (χ3n) is 5.11. The molecule has 2 bridgehead atoms. The topological polar surface area (TPSA) is 111 Å². The van der Waals surface area contributed by atoms with E-state index in [2.05, 4.69) is 24.6 Å². The van der Waals surface area contributed by atoms with Crippen molar-refractivity contribution >= 4 is 32.8 Å². The first-order chi connectivity index (χ1) is 12.4. The van der Waals surface area contributed by atoms with Gasteiger partial charge in [0.2, 0.25) is 15.9 Å². The maximum Gasteiger partial charge on any atom is 0.224 e. The Kier molecular flexibility index (Phi) is 4.31. The van der Waals surface area contributed by atoms with E-state index in [9.17, 15) is 13.2 Å². The number of H-pyrrole nitrogens is 1. The predicted octanol–water partition coefficient (Wildman–Crippen LogP) is 0.0768. The zero-order valence-electron chi connectivity index (χ0n) is 14.6. The van der Waals surface area contributed by atoms with Crippen LogP contribution in [0.25, 0.3) is 11.0 Å². The number of aromatic amines is 1. The molecule has 0 aliphatic carbocycles. The summed E-state index contributed by atoms with van der Waals surface area (Å²) in [5, 5.41) is 0.990. The summed E-state index contributed by atoms with van der Waals surface area (Å²) in [5.74, 6) is 0.918. The highest BCUT2D eigenvalue weighted by atomic mass is 32.2. The second kappa shape index (κ2) is 6.51. The van der Waals surface area contributed by atoms with Crippen LogP contribution in [0.1, 0.15) is 19.3 Å². The molecule has 2 aromatic rings. The average Bonchev–Trinajstić information content (AvgIpc) is 3.15. The largest absolute Gasteiger partial charge is 0.352 e. The lowest BCUT2D eigenvalue weighted by Crippen LogP contribution is -2.56. The second-order valence-electron chi connectivity index (χ2n) is 6.94. The summed E-state index contributed by atoms with van der Waals surface area (Å²) in [6, 6.07) is 2.26. The molecule has 0 aromatic carbocycles. The number of anilines is 1. The third kappa shape index (κ3) is 3.26. The van der Waals surface area contributed by atoms with Gasteiger partial charge in [-0.3, -0.25) is 4.79 Å². The molecule has 2 aromatic heterocycles. The molecule has 26 heavy (non-hydrogen) atoms. The van der Waals surface area contributed by atoms with Crippen molar-refractivity contribution in [2.45, 2.75) is 31.3 Å². The van der Waals surface area contributed by atoms with Crippen LogP contribution in [0.5, 0.6) is 0 Å². The molecule has 0 saturated carbocycles. The summed E-state index contributed by atoms with van der Waals surface area (Å²) < 4.78 is 24.7. The number of amides is 1. The van der Waals surface area contributed by atoms with Crippen molar-refractivity contribution in [3.63, 3.8) is 0 Å². The minimum Gasteiger partial charge on any atom is -0.352 e. The highest BCUT2D eigenvalue weighted by Crippen LogP contribution is 2.34. The van der Waals surface area contributed by atoms with Gasteiger partial charge in [-0.1, -0.05) is 0 Å². The van der Waals surface area contributed by atoms with Gasteiger partial charge in [-0.25, -0.2) is 23.1 Å². The standard InChI is InChI=1S/C16H22N6O3S/c1-26(24,25)20-7-5-14(23)22-11-2-3-12(22)9-21(8-11)16-13-4-6-17-15(13)18-10-19-16/h4,6,10-12,20H,2-3,5,7-9H2,1H3,(H,17,18,19). The minimum atomic E-state index is -3.27. The zero-order chi connectivity index (χ0) is 18.3. The second-order valence-corrected chi connectivity index (χ2v) is 8.78. The van der Waals surface area contributed by atoms with Crippen LogP contribution in [0.2, 0.25) is 0 Å². The molecule has 4 heterocycles. The van der Waals surface area contributed by atoms with Gasteiger partial charge >= 0.3 is 0 Å². The number of sulfonamides is 1. The molecule has 0 radical (unpaired) electrons. The van der Waals surface area contributed by atoms with Crippen molar-refractivity contribution in [1.29, 1.82) is 0 Å². The summed E-state index contributed by atoms with van der Waals surface area (Å²) in [6.45, 7) is 1.62. The molecular weight excluding hydrogens is 356 g/mol. The van der Waals surface area contributed by atoms with E-state index in [-0.39, 0.29) is 31.0 Å². The number of fused-ring (bicyclic) bond motifs is 3. The smallest absolute Gasteiger partial charge is 0.224 e. The zero-order valence-corrected chi connectivity index (χ0v) is 15.4. The third-order valence-corrected chi connectivity index (χ3v) is 5.83. The highest BCUT2D eigenvalue weighted by molar-refractivity contribution is 7.88. The lowest BCUT2D eigenvalue weighted by atomic mass is 10.1. The molecule has 2 fully saturated rings. The van der Waals surface area contributed by atoms with Crippen molar-refractivity contribution < 1.29 is 13.2 Å². The van der Waals surface area contributed by atoms with Crippen LogP contribution in [0.3, 0.4) is 0 Å². The molecule has 2 aliphatic heterocycles. The Balaban J connectivity index is 1.46. The monoisotopic (exact) mass is 378 g/mol. The van der Waals surface area contributed by atoms with E-state index >= 15 is 0 Å². The maximum atomic E-state index is 12.6. The molecule has 2 atom stereocenters. The van der Waals surface area contributed by atoms with Crippen molar-refractivity contribution in [3.05, 3.63) is 18.6 Å². The van der Waals surface area contributed by atoms with Crippen molar-refractivity contribution in [2.75, 3.05) is 30.8 Å². The number of hydrogen-bond acceptors (Lipinski definition) is 6. The SMILES string of the molecule is CS(=O)(=O)NCCC(=O)N1C2CCC1CN(c1ncnc3[nH]ccc13)C2. The Morgan fingerprint density at radius 1 is 1.31 bits per heavy atom. The van der Waals surface area contributed by atoms with Crippen LogP contribution in [-0.4, -0.2) is 72.2 Å². The molecule has 2 N–H and O–H groups in total. The molecule has 2 aliphatic rings. The maximum absolute atomic E-state index is 12.6. The van der Waals surface area contributed by atoms with Gasteiger partial charge in [0, 0.05) is 44.3 Å². The van der Waals surface area contributed by atoms with E-state index in [0.717, 1.165) is 49.0 Å². The number of aromatic nitrogens is 3. The van der Waals surface area contributed by atoms with Crippen LogP contribution in [0.15, 0.2) is 18.6 Å². The molecule has 9 nitrogen and oxygen atoms in total. The van der Waals surface area contributed by atoms with Gasteiger partial charge in [0.25, 0.3) is 0 Å². The first-order valence-electron chi connectivity index (χ1n) is 8.71. The number of piperazine rings is 1. The van der Waals surface area contributed by atoms with Crippen LogP contribution in [0.4, 0.5) is 5.82 Å². The van der Waals surface area contributed by atoms with E-state index in [0.29, 0.717) is 0 Å². The quantitative estimate of drug-likeness (QED) is 0.762. The number of hydrogen-bond donors (Lipinski definition) is 2. The van der Waals surface area contributed by atoms with Gasteiger partial charge in [-0.15, -0.1) is 0 Å². The van der Waals surface area contributed by atoms with E-state index in [1.165, 1.54) is 0 Å². The summed E-state index contributed by atoms with van der Waals surface area (Å²) in [6.07, 6.45) is 6.64. The van der Waals surface area contributed by atoms with Crippen LogP contribution in [0, 0.1) is 0 Å². The number of nitrogens with zero attached hydrogens (tertiary/aromatic N) is 4. The molecule has 0 spiro atoms. The highest BCUT2D eigenvalue weighted by Gasteiger charge is 2.42. The molecule has 4 rings (SSSR count). The fourth-order valence-electron chi connectivity index (χ4n) is 4.07. The number of carbonyl (C=O) groups excluding carboxylic acids is 1. The van der Waals surface area contributed by atoms with Gasteiger partial charge < -0.3 is 14.8 Å². The van der Waals surface area contributed by atoms with E-state index in [1.807, 2.05) is 17.2 Å². The van der Waals surface area contributed by atoms with Gasteiger partial charge in [0.05, 0.1) is 11.6 Å². The first kappa shape index (κ1) is 17.2. The fraction of sp³-hybridized carbons (Fsp3) is 0.562. The van der Waals surface area contributed by atoms with Gasteiger partial charge in [0.1, 0.15) is 17.8 Å². The lowest BCUT2D eigenvalue weighted by Gasteiger charge is -2.41. The normalized spacial score (nSPS) is 23.0. The average molecular weight is 378 g/mol. The van der Waals surface area contributed by atoms with Crippen molar-refractivity contribution in [3.8, 4) is 0 Å². The molecule has 140 valence electrons. The van der Waals surface area contributed by atoms with Gasteiger partial charge in [-0.05, 0) is 18.9 Å². The Morgan fingerprint density at radius 2 is 2.04 bits per heavy atom. The first-order valence-corrected chi connectivity index (χ1v) is 10.6. The summed E-state index contributed by atoms with van der Waals surface area (Å²) in [4.78, 5) is 28.6. The Morgan fingerprint density at radius 3 is 2.73 bits per heavy atom. The molecule has 2 saturated heterocycles. The Hall–Kier alpha value is -2.20. The van der Waals surface area contributed by atoms with E-state index < -0.39 is 10.0 Å². The lowest BCUT2D eigenvalue weighted by molar-refractivity contribution is -0.134. The molecule has 2 unspecified atom stereocenters. The number of nitrogens with one attached hydrogen (secondary N) is 2. The number of carbonyl (C=O) groups is 1. The van der Waals surface area contributed by atoms with Crippen LogP contribution in [-0.2, 0) is 14.8 Å². The molecular formula is C16H22N6O3S. The van der Waals surface area contributed by atoms with Gasteiger partial charge in [-0.2, -0.15) is 0 Å². The van der Waals surface area contributed by atoms with E-state index in [1.54, 1.807) is 6.33 Å². The fourth-order valence-corrected chi connectivity index (χ4v) is 4.54. The van der Waals surface area contributed by atoms with Crippen molar-refractivity contribution in [2.24, 2.45) is 0 Å². The number of rotatable bonds is 5. The van der Waals surface area contributed by atoms with Crippen molar-refractivity contribution in [1.82, 2.24) is 24.6 Å². The predicted molar refractivity (Wildman–Crippen MR) is 97.2 cm³/mol. The Labute approximate surface area is 151 Å². The van der Waals surface area contributed by atoms with Crippen LogP contribution < -0.4 is 9.62 Å². The molecule has 1 amide bonds. The minimum absolute atomic E-state index is 0.0165. The summed E-state index contributed by atoms with van der Waals surface area (Å²) in [5.41, 5.74) is 0.813. The Bertz CT molecular complexity index is 913. The van der Waals surface area contributed by atoms with Gasteiger partial charge in [0.15, 0.2) is 0 Å². The summed E-state index contributed by atoms with van der Waals surface area (Å²) >= 11 is 0.